The van der Waals surface area contributed by atoms with Crippen LogP contribution in [0.5, 0.6) is 11.5 Å². The van der Waals surface area contributed by atoms with Gasteiger partial charge in [0.15, 0.2) is 11.5 Å². The SMILES string of the molecule is CCOc1cc(/C=C2/SC(=O)N(CC(=O)O[C@H](C)CC)C2=O)cc(I)c1OCc1ccc([N+](=O)[O-])cc1. The number of benzene rings is 2. The van der Waals surface area contributed by atoms with E-state index in [-0.39, 0.29) is 23.3 Å². The molecule has 1 atom stereocenters. The third kappa shape index (κ3) is 7.44. The molecule has 1 aliphatic rings. The largest absolute Gasteiger partial charge is 0.490 e. The van der Waals surface area contributed by atoms with Crippen molar-refractivity contribution in [3.8, 4) is 11.5 Å². The number of ether oxygens (including phenoxy) is 3. The van der Waals surface area contributed by atoms with E-state index in [4.69, 9.17) is 14.2 Å². The van der Waals surface area contributed by atoms with Crippen LogP contribution in [0.2, 0.25) is 0 Å². The van der Waals surface area contributed by atoms with E-state index in [2.05, 4.69) is 22.6 Å². The van der Waals surface area contributed by atoms with Crippen molar-refractivity contribution < 1.29 is 33.5 Å². The van der Waals surface area contributed by atoms with Crippen LogP contribution in [0.25, 0.3) is 6.08 Å². The Bertz CT molecular complexity index is 1230. The van der Waals surface area contributed by atoms with Crippen LogP contribution >= 0.6 is 34.4 Å². The highest BCUT2D eigenvalue weighted by molar-refractivity contribution is 14.1. The monoisotopic (exact) mass is 640 g/mol. The van der Waals surface area contributed by atoms with Gasteiger partial charge in [-0.2, -0.15) is 0 Å². The zero-order valence-corrected chi connectivity index (χ0v) is 23.4. The van der Waals surface area contributed by atoms with Crippen LogP contribution in [0.4, 0.5) is 10.5 Å². The summed E-state index contributed by atoms with van der Waals surface area (Å²) in [5, 5.41) is 10.3. The van der Waals surface area contributed by atoms with Gasteiger partial charge in [0, 0.05) is 12.1 Å². The van der Waals surface area contributed by atoms with Crippen molar-refractivity contribution in [2.24, 2.45) is 0 Å². The van der Waals surface area contributed by atoms with Gasteiger partial charge in [0.2, 0.25) is 0 Å². The van der Waals surface area contributed by atoms with Crippen molar-refractivity contribution in [1.82, 2.24) is 4.90 Å². The Morgan fingerprint density at radius 3 is 2.51 bits per heavy atom. The van der Waals surface area contributed by atoms with Gasteiger partial charge < -0.3 is 14.2 Å². The number of nitro groups is 1. The van der Waals surface area contributed by atoms with E-state index in [1.165, 1.54) is 12.1 Å². The topological polar surface area (TPSA) is 125 Å². The highest BCUT2D eigenvalue weighted by atomic mass is 127. The van der Waals surface area contributed by atoms with Gasteiger partial charge in [-0.3, -0.25) is 29.4 Å². The maximum absolute atomic E-state index is 12.8. The molecule has 2 aromatic rings. The average molecular weight is 640 g/mol. The van der Waals surface area contributed by atoms with Crippen molar-refractivity contribution in [3.63, 3.8) is 0 Å². The van der Waals surface area contributed by atoms with Gasteiger partial charge in [-0.25, -0.2) is 0 Å². The third-order valence-electron chi connectivity index (χ3n) is 5.23. The highest BCUT2D eigenvalue weighted by Gasteiger charge is 2.37. The number of esters is 1. The lowest BCUT2D eigenvalue weighted by atomic mass is 10.1. The predicted molar refractivity (Wildman–Crippen MR) is 146 cm³/mol. The zero-order chi connectivity index (χ0) is 27.1. The van der Waals surface area contributed by atoms with Gasteiger partial charge in [0.05, 0.1) is 26.1 Å². The summed E-state index contributed by atoms with van der Waals surface area (Å²) in [6, 6.07) is 9.53. The fourth-order valence-electron chi connectivity index (χ4n) is 3.21. The summed E-state index contributed by atoms with van der Waals surface area (Å²) in [7, 11) is 0. The summed E-state index contributed by atoms with van der Waals surface area (Å²) in [6.45, 7) is 5.52. The standard InChI is InChI=1S/C25H25IN2O8S/c1-4-15(3)36-22(29)13-27-24(30)21(37-25(27)31)12-17-10-19(26)23(20(11-17)34-5-2)35-14-16-6-8-18(9-7-16)28(32)33/h6-12,15H,4-5,13-14H2,1-3H3/b21-12+/t15-/m1/s1. The smallest absolute Gasteiger partial charge is 0.326 e. The van der Waals surface area contributed by atoms with E-state index < -0.39 is 28.6 Å². The van der Waals surface area contributed by atoms with Gasteiger partial charge >= 0.3 is 5.97 Å². The molecule has 1 fully saturated rings. The van der Waals surface area contributed by atoms with E-state index in [0.29, 0.717) is 33.7 Å². The maximum atomic E-state index is 12.8. The van der Waals surface area contributed by atoms with Crippen LogP contribution in [0.1, 0.15) is 38.3 Å². The Morgan fingerprint density at radius 2 is 1.89 bits per heavy atom. The van der Waals surface area contributed by atoms with Crippen LogP contribution in [-0.4, -0.2) is 46.2 Å². The molecule has 1 saturated heterocycles. The summed E-state index contributed by atoms with van der Waals surface area (Å²) in [5.41, 5.74) is 1.35. The molecule has 2 amide bonds. The number of carbonyl (C=O) groups is 3. The molecule has 0 aromatic heterocycles. The molecule has 0 radical (unpaired) electrons. The number of halogens is 1. The number of imide groups is 1. The molecule has 37 heavy (non-hydrogen) atoms. The number of amides is 2. The molecule has 196 valence electrons. The third-order valence-corrected chi connectivity index (χ3v) is 6.94. The number of non-ortho nitro benzene ring substituents is 1. The Kier molecular flexibility index (Phi) is 9.92. The summed E-state index contributed by atoms with van der Waals surface area (Å²) < 4.78 is 17.6. The molecule has 0 unspecified atom stereocenters. The van der Waals surface area contributed by atoms with E-state index >= 15 is 0 Å². The first-order chi connectivity index (χ1) is 17.6. The fourth-order valence-corrected chi connectivity index (χ4v) is 4.82. The lowest BCUT2D eigenvalue weighted by Gasteiger charge is -2.15. The number of hydrogen-bond donors (Lipinski definition) is 0. The van der Waals surface area contributed by atoms with Crippen LogP contribution < -0.4 is 9.47 Å². The van der Waals surface area contributed by atoms with Gasteiger partial charge in [-0.1, -0.05) is 6.92 Å². The second-order valence-electron chi connectivity index (χ2n) is 7.95. The Labute approximate surface area is 231 Å². The minimum absolute atomic E-state index is 0.00508. The number of thioether (sulfide) groups is 1. The van der Waals surface area contributed by atoms with Gasteiger partial charge in [0.25, 0.3) is 16.8 Å². The number of hydrogen-bond acceptors (Lipinski definition) is 9. The molecular formula is C25H25IN2O8S. The maximum Gasteiger partial charge on any atom is 0.326 e. The lowest BCUT2D eigenvalue weighted by Crippen LogP contribution is -2.35. The molecule has 0 N–H and O–H groups in total. The Balaban J connectivity index is 1.77. The van der Waals surface area contributed by atoms with Crippen LogP contribution in [0, 0.1) is 13.7 Å². The van der Waals surface area contributed by atoms with Gasteiger partial charge in [-0.05, 0) is 96.1 Å². The van der Waals surface area contributed by atoms with E-state index in [0.717, 1.165) is 22.2 Å². The first-order valence-corrected chi connectivity index (χ1v) is 13.3. The normalized spacial score (nSPS) is 15.1. The average Bonchev–Trinajstić information content (AvgIpc) is 3.11. The first kappa shape index (κ1) is 28.4. The molecule has 0 saturated carbocycles. The first-order valence-electron chi connectivity index (χ1n) is 11.4. The molecule has 10 nitrogen and oxygen atoms in total. The summed E-state index contributed by atoms with van der Waals surface area (Å²) in [6.07, 6.45) is 1.89. The minimum atomic E-state index is -0.638. The summed E-state index contributed by atoms with van der Waals surface area (Å²) >= 11 is 2.84. The predicted octanol–water partition coefficient (Wildman–Crippen LogP) is 5.56. The summed E-state index contributed by atoms with van der Waals surface area (Å²) in [4.78, 5) is 48.7. The van der Waals surface area contributed by atoms with Gasteiger partial charge in [-0.15, -0.1) is 0 Å². The van der Waals surface area contributed by atoms with E-state index in [9.17, 15) is 24.5 Å². The number of nitrogens with zero attached hydrogens (tertiary/aromatic N) is 2. The van der Waals surface area contributed by atoms with E-state index in [1.54, 1.807) is 37.3 Å². The second-order valence-corrected chi connectivity index (χ2v) is 10.1. The Morgan fingerprint density at radius 1 is 1.19 bits per heavy atom. The zero-order valence-electron chi connectivity index (χ0n) is 20.4. The van der Waals surface area contributed by atoms with Crippen molar-refractivity contribution >= 4 is 63.2 Å². The molecule has 2 aromatic carbocycles. The highest BCUT2D eigenvalue weighted by Crippen LogP contribution is 2.38. The summed E-state index contributed by atoms with van der Waals surface area (Å²) in [5.74, 6) is -0.277. The van der Waals surface area contributed by atoms with Crippen molar-refractivity contribution in [3.05, 3.63) is 66.1 Å². The molecular weight excluding hydrogens is 615 g/mol. The molecule has 0 bridgehead atoms. The number of nitro benzene ring substituents is 1. The quantitative estimate of drug-likeness (QED) is 0.102. The van der Waals surface area contributed by atoms with Crippen molar-refractivity contribution in [1.29, 1.82) is 0 Å². The molecule has 0 aliphatic carbocycles. The molecule has 1 aliphatic heterocycles. The van der Waals surface area contributed by atoms with Crippen LogP contribution in [0.3, 0.4) is 0 Å². The molecule has 12 heteroatoms. The van der Waals surface area contributed by atoms with Crippen LogP contribution in [-0.2, 0) is 20.9 Å². The van der Waals surface area contributed by atoms with E-state index in [1.807, 2.05) is 13.8 Å². The van der Waals surface area contributed by atoms with Crippen molar-refractivity contribution in [2.45, 2.75) is 39.9 Å². The fraction of sp³-hybridized carbons (Fsp3) is 0.320. The van der Waals surface area contributed by atoms with Crippen molar-refractivity contribution in [2.75, 3.05) is 13.2 Å². The lowest BCUT2D eigenvalue weighted by molar-refractivity contribution is -0.384. The Hall–Kier alpha value is -3.13. The molecule has 0 spiro atoms. The van der Waals surface area contributed by atoms with Gasteiger partial charge in [0.1, 0.15) is 13.2 Å². The number of rotatable bonds is 11. The van der Waals surface area contributed by atoms with Crippen LogP contribution in [0.15, 0.2) is 41.3 Å². The molecule has 1 heterocycles. The second kappa shape index (κ2) is 12.9. The minimum Gasteiger partial charge on any atom is -0.490 e. The number of carbonyl (C=O) groups excluding carboxylic acids is 3. The molecule has 3 rings (SSSR count).